The number of carbonyl (C=O) groups is 2. The van der Waals surface area contributed by atoms with Crippen LogP contribution < -0.4 is 16.0 Å². The second-order valence-electron chi connectivity index (χ2n) is 8.56. The summed E-state index contributed by atoms with van der Waals surface area (Å²) in [6, 6.07) is 18.9. The largest absolute Gasteiger partial charge is 0.445 e. The molecule has 3 aromatic rings. The van der Waals surface area contributed by atoms with Crippen molar-refractivity contribution in [3.8, 4) is 0 Å². The average Bonchev–Trinajstić information content (AvgIpc) is 3.41. The number of urea groups is 1. The number of aromatic nitrogens is 3. The molecule has 37 heavy (non-hydrogen) atoms. The molecule has 2 aromatic carbocycles. The van der Waals surface area contributed by atoms with Gasteiger partial charge in [0.25, 0.3) is 0 Å². The molecule has 0 bridgehead atoms. The summed E-state index contributed by atoms with van der Waals surface area (Å²) in [6.45, 7) is 7.72. The lowest BCUT2D eigenvalue weighted by Gasteiger charge is -2.20. The zero-order valence-corrected chi connectivity index (χ0v) is 21.6. The van der Waals surface area contributed by atoms with E-state index in [0.717, 1.165) is 37.2 Å². The van der Waals surface area contributed by atoms with Crippen molar-refractivity contribution in [2.24, 2.45) is 0 Å². The Morgan fingerprint density at radius 1 is 0.973 bits per heavy atom. The summed E-state index contributed by atoms with van der Waals surface area (Å²) in [4.78, 5) is 31.4. The maximum atomic E-state index is 12.6. The maximum absolute atomic E-state index is 12.6. The van der Waals surface area contributed by atoms with E-state index in [9.17, 15) is 9.59 Å². The summed E-state index contributed by atoms with van der Waals surface area (Å²) >= 11 is 0. The minimum absolute atomic E-state index is 0.127. The van der Waals surface area contributed by atoms with Crippen LogP contribution in [0.25, 0.3) is 0 Å². The molecule has 0 radical (unpaired) electrons. The molecule has 1 aromatic heterocycles. The highest BCUT2D eigenvalue weighted by Gasteiger charge is 2.20. The summed E-state index contributed by atoms with van der Waals surface area (Å²) in [7, 11) is 0. The van der Waals surface area contributed by atoms with Crippen LogP contribution in [0, 0.1) is 0 Å². The first-order valence-electron chi connectivity index (χ1n) is 12.7. The summed E-state index contributed by atoms with van der Waals surface area (Å²) < 4.78 is 5.23. The predicted octanol–water partition coefficient (Wildman–Crippen LogP) is 3.55. The fourth-order valence-corrected chi connectivity index (χ4v) is 3.77. The number of carbonyl (C=O) groups excluding carboxylic acids is 2. The van der Waals surface area contributed by atoms with Gasteiger partial charge in [-0.3, -0.25) is 5.10 Å². The van der Waals surface area contributed by atoms with E-state index < -0.39 is 12.1 Å². The van der Waals surface area contributed by atoms with Gasteiger partial charge in [0.1, 0.15) is 12.4 Å². The highest BCUT2D eigenvalue weighted by molar-refractivity contribution is 5.74. The molecule has 3 amide bonds. The number of H-pyrrole nitrogens is 1. The standard InChI is InChI=1S/C27H37N7O3/c1-3-34(4-2)18-17-28-26(35)30-23(16-15-21-11-7-5-8-12-21)25-31-24(32-33-25)19-29-27(36)37-20-22-13-9-6-10-14-22/h5-14,23H,3-4,15-20H2,1-2H3,(H,29,36)(H2,28,30,35)(H,31,32,33)/t23-/m1/s1. The Hall–Kier alpha value is -3.92. The third-order valence-corrected chi connectivity index (χ3v) is 5.95. The molecule has 198 valence electrons. The molecule has 0 saturated carbocycles. The molecule has 1 atom stereocenters. The topological polar surface area (TPSA) is 124 Å². The minimum atomic E-state index is -0.548. The van der Waals surface area contributed by atoms with Crippen LogP contribution in [0.1, 0.15) is 49.1 Å². The number of likely N-dealkylation sites (N-methyl/N-ethyl adjacent to an activating group) is 1. The Kier molecular flexibility index (Phi) is 11.4. The van der Waals surface area contributed by atoms with Crippen molar-refractivity contribution in [1.82, 2.24) is 36.0 Å². The molecule has 4 N–H and O–H groups in total. The number of nitrogens with zero attached hydrogens (tertiary/aromatic N) is 3. The van der Waals surface area contributed by atoms with E-state index in [2.05, 4.69) is 62.0 Å². The second-order valence-corrected chi connectivity index (χ2v) is 8.56. The molecule has 1 heterocycles. The lowest BCUT2D eigenvalue weighted by molar-refractivity contribution is 0.139. The van der Waals surface area contributed by atoms with Gasteiger partial charge in [0, 0.05) is 13.1 Å². The summed E-state index contributed by atoms with van der Waals surface area (Å²) in [5, 5.41) is 15.8. The first-order valence-corrected chi connectivity index (χ1v) is 12.7. The van der Waals surface area contributed by atoms with Crippen LogP contribution in [-0.2, 0) is 24.3 Å². The van der Waals surface area contributed by atoms with Gasteiger partial charge in [-0.15, -0.1) is 0 Å². The number of alkyl carbamates (subject to hydrolysis) is 1. The summed E-state index contributed by atoms with van der Waals surface area (Å²) in [5.41, 5.74) is 2.07. The van der Waals surface area contributed by atoms with Crippen molar-refractivity contribution in [1.29, 1.82) is 0 Å². The number of aromatic amines is 1. The molecular weight excluding hydrogens is 470 g/mol. The van der Waals surface area contributed by atoms with Gasteiger partial charge >= 0.3 is 12.1 Å². The quantitative estimate of drug-likeness (QED) is 0.265. The Morgan fingerprint density at radius 3 is 2.32 bits per heavy atom. The number of aryl methyl sites for hydroxylation is 1. The molecular formula is C27H37N7O3. The predicted molar refractivity (Wildman–Crippen MR) is 142 cm³/mol. The van der Waals surface area contributed by atoms with E-state index in [1.807, 2.05) is 48.5 Å². The summed E-state index contributed by atoms with van der Waals surface area (Å²) in [5.74, 6) is 0.935. The lowest BCUT2D eigenvalue weighted by atomic mass is 10.0. The van der Waals surface area contributed by atoms with Gasteiger partial charge in [-0.2, -0.15) is 5.10 Å². The van der Waals surface area contributed by atoms with E-state index in [0.29, 0.717) is 24.6 Å². The van der Waals surface area contributed by atoms with E-state index in [1.54, 1.807) is 0 Å². The lowest BCUT2D eigenvalue weighted by Crippen LogP contribution is -2.42. The molecule has 0 unspecified atom stereocenters. The van der Waals surface area contributed by atoms with E-state index in [-0.39, 0.29) is 19.2 Å². The third-order valence-electron chi connectivity index (χ3n) is 5.95. The number of ether oxygens (including phenoxy) is 1. The number of nitrogens with one attached hydrogen (secondary N) is 4. The van der Waals surface area contributed by atoms with Gasteiger partial charge in [0.05, 0.1) is 12.6 Å². The Bertz CT molecular complexity index is 1070. The van der Waals surface area contributed by atoms with E-state index >= 15 is 0 Å². The maximum Gasteiger partial charge on any atom is 0.407 e. The molecule has 0 saturated heterocycles. The molecule has 10 nitrogen and oxygen atoms in total. The van der Waals surface area contributed by atoms with Crippen LogP contribution in [0.5, 0.6) is 0 Å². The molecule has 0 fully saturated rings. The van der Waals surface area contributed by atoms with Crippen LogP contribution in [-0.4, -0.2) is 58.4 Å². The molecule has 3 rings (SSSR count). The highest BCUT2D eigenvalue weighted by Crippen LogP contribution is 2.16. The van der Waals surface area contributed by atoms with Gasteiger partial charge in [-0.05, 0) is 37.1 Å². The molecule has 0 spiro atoms. The number of hydrogen-bond donors (Lipinski definition) is 4. The number of hydrogen-bond acceptors (Lipinski definition) is 6. The monoisotopic (exact) mass is 507 g/mol. The SMILES string of the molecule is CCN(CC)CCNC(=O)N[C@H](CCc1ccccc1)c1n[nH]c(CNC(=O)OCc2ccccc2)n1. The number of rotatable bonds is 14. The van der Waals surface area contributed by atoms with Gasteiger partial charge in [-0.1, -0.05) is 74.5 Å². The first-order chi connectivity index (χ1) is 18.1. The summed E-state index contributed by atoms with van der Waals surface area (Å²) in [6.07, 6.45) is 0.823. The first kappa shape index (κ1) is 27.7. The van der Waals surface area contributed by atoms with Crippen molar-refractivity contribution in [2.45, 2.75) is 45.9 Å². The van der Waals surface area contributed by atoms with Crippen LogP contribution in [0.3, 0.4) is 0 Å². The zero-order valence-electron chi connectivity index (χ0n) is 21.6. The van der Waals surface area contributed by atoms with Crippen molar-refractivity contribution in [2.75, 3.05) is 26.2 Å². The van der Waals surface area contributed by atoms with Crippen LogP contribution in [0.4, 0.5) is 9.59 Å². The van der Waals surface area contributed by atoms with Crippen molar-refractivity contribution < 1.29 is 14.3 Å². The van der Waals surface area contributed by atoms with Crippen LogP contribution in [0.15, 0.2) is 60.7 Å². The van der Waals surface area contributed by atoms with E-state index in [4.69, 9.17) is 4.74 Å². The molecule has 0 aliphatic carbocycles. The molecule has 10 heteroatoms. The van der Waals surface area contributed by atoms with E-state index in [1.165, 1.54) is 0 Å². The Labute approximate surface area is 218 Å². The molecule has 0 aliphatic heterocycles. The second kappa shape index (κ2) is 15.2. The van der Waals surface area contributed by atoms with Gasteiger partial charge in [0.2, 0.25) is 0 Å². The normalized spacial score (nSPS) is 11.6. The Balaban J connectivity index is 1.54. The molecule has 0 aliphatic rings. The zero-order chi connectivity index (χ0) is 26.3. The van der Waals surface area contributed by atoms with Crippen molar-refractivity contribution in [3.05, 3.63) is 83.4 Å². The smallest absolute Gasteiger partial charge is 0.407 e. The third kappa shape index (κ3) is 9.92. The van der Waals surface area contributed by atoms with Crippen LogP contribution in [0.2, 0.25) is 0 Å². The van der Waals surface area contributed by atoms with Crippen LogP contribution >= 0.6 is 0 Å². The van der Waals surface area contributed by atoms with Crippen molar-refractivity contribution >= 4 is 12.1 Å². The fourth-order valence-electron chi connectivity index (χ4n) is 3.77. The number of benzene rings is 2. The van der Waals surface area contributed by atoms with Crippen molar-refractivity contribution in [3.63, 3.8) is 0 Å². The average molecular weight is 508 g/mol. The van der Waals surface area contributed by atoms with Gasteiger partial charge < -0.3 is 25.6 Å². The van der Waals surface area contributed by atoms with Gasteiger partial charge in [-0.25, -0.2) is 14.6 Å². The number of amides is 3. The van der Waals surface area contributed by atoms with Gasteiger partial charge in [0.15, 0.2) is 5.82 Å². The fraction of sp³-hybridized carbons (Fsp3) is 0.407. The Morgan fingerprint density at radius 2 is 1.65 bits per heavy atom. The minimum Gasteiger partial charge on any atom is -0.445 e. The highest BCUT2D eigenvalue weighted by atomic mass is 16.5.